The van der Waals surface area contributed by atoms with Crippen LogP contribution >= 0.6 is 11.6 Å². The predicted octanol–water partition coefficient (Wildman–Crippen LogP) is 4.08. The molecular formula is C13H14ClNO. The van der Waals surface area contributed by atoms with Crippen LogP contribution in [0, 0.1) is 0 Å². The van der Waals surface area contributed by atoms with Crippen LogP contribution in [0.3, 0.4) is 0 Å². The molecule has 2 aromatic rings. The number of anilines is 1. The summed E-state index contributed by atoms with van der Waals surface area (Å²) < 4.78 is 5.56. The van der Waals surface area contributed by atoms with Crippen LogP contribution in [0.2, 0.25) is 5.02 Å². The second kappa shape index (κ2) is 4.02. The summed E-state index contributed by atoms with van der Waals surface area (Å²) in [5, 5.41) is 1.90. The summed E-state index contributed by atoms with van der Waals surface area (Å²) in [6, 6.07) is 5.79. The largest absolute Gasteiger partial charge is 0.462 e. The van der Waals surface area contributed by atoms with E-state index < -0.39 is 0 Å². The number of hydrogen-bond acceptors (Lipinski definition) is 2. The first-order valence-electron chi connectivity index (χ1n) is 5.76. The minimum atomic E-state index is 0.771. The van der Waals surface area contributed by atoms with E-state index in [1.165, 1.54) is 24.9 Å². The first-order valence-corrected chi connectivity index (χ1v) is 6.14. The van der Waals surface area contributed by atoms with Crippen LogP contribution in [0.25, 0.3) is 11.0 Å². The van der Waals surface area contributed by atoms with Crippen molar-refractivity contribution in [2.75, 3.05) is 18.0 Å². The molecule has 84 valence electrons. The van der Waals surface area contributed by atoms with Gasteiger partial charge in [0.25, 0.3) is 0 Å². The lowest BCUT2D eigenvalue weighted by atomic mass is 10.1. The Morgan fingerprint density at radius 3 is 2.75 bits per heavy atom. The fourth-order valence-electron chi connectivity index (χ4n) is 2.37. The van der Waals surface area contributed by atoms with Gasteiger partial charge in [-0.1, -0.05) is 11.6 Å². The molecule has 0 N–H and O–H groups in total. The van der Waals surface area contributed by atoms with Crippen LogP contribution in [0.15, 0.2) is 28.9 Å². The Bertz CT molecular complexity index is 500. The minimum absolute atomic E-state index is 0.771. The van der Waals surface area contributed by atoms with Crippen molar-refractivity contribution in [1.29, 1.82) is 0 Å². The summed E-state index contributed by atoms with van der Waals surface area (Å²) in [4.78, 5) is 2.39. The molecule has 3 heteroatoms. The summed E-state index contributed by atoms with van der Waals surface area (Å²) in [6.07, 6.45) is 5.74. The molecule has 16 heavy (non-hydrogen) atoms. The van der Waals surface area contributed by atoms with Gasteiger partial charge in [-0.05, 0) is 37.5 Å². The molecular weight excluding hydrogens is 222 g/mol. The van der Waals surface area contributed by atoms with Crippen LogP contribution < -0.4 is 4.90 Å². The first kappa shape index (κ1) is 10.0. The average Bonchev–Trinajstić information content (AvgIpc) is 2.73. The van der Waals surface area contributed by atoms with Gasteiger partial charge in [-0.25, -0.2) is 0 Å². The van der Waals surface area contributed by atoms with Crippen molar-refractivity contribution in [3.63, 3.8) is 0 Å². The Balaban J connectivity index is 2.05. The molecule has 0 aliphatic carbocycles. The zero-order chi connectivity index (χ0) is 11.0. The van der Waals surface area contributed by atoms with Crippen LogP contribution in [0.5, 0.6) is 0 Å². The molecule has 0 unspecified atom stereocenters. The second-order valence-electron chi connectivity index (χ2n) is 4.31. The van der Waals surface area contributed by atoms with E-state index in [0.717, 1.165) is 29.1 Å². The smallest absolute Gasteiger partial charge is 0.136 e. The van der Waals surface area contributed by atoms with E-state index in [1.54, 1.807) is 0 Å². The van der Waals surface area contributed by atoms with E-state index in [9.17, 15) is 0 Å². The molecule has 3 rings (SSSR count). The van der Waals surface area contributed by atoms with Gasteiger partial charge in [-0.15, -0.1) is 0 Å². The topological polar surface area (TPSA) is 16.4 Å². The zero-order valence-electron chi connectivity index (χ0n) is 9.08. The maximum Gasteiger partial charge on any atom is 0.136 e. The molecule has 0 amide bonds. The highest BCUT2D eigenvalue weighted by atomic mass is 35.5. The highest BCUT2D eigenvalue weighted by molar-refractivity contribution is 6.31. The quantitative estimate of drug-likeness (QED) is 0.741. The Hall–Kier alpha value is -1.15. The molecule has 0 atom stereocenters. The van der Waals surface area contributed by atoms with Crippen molar-refractivity contribution < 1.29 is 4.42 Å². The maximum atomic E-state index is 6.03. The van der Waals surface area contributed by atoms with Gasteiger partial charge >= 0.3 is 0 Å². The van der Waals surface area contributed by atoms with E-state index in [-0.39, 0.29) is 0 Å². The number of benzene rings is 1. The van der Waals surface area contributed by atoms with Gasteiger partial charge < -0.3 is 9.32 Å². The Labute approximate surface area is 99.8 Å². The molecule has 2 heterocycles. The summed E-state index contributed by atoms with van der Waals surface area (Å²) in [5.41, 5.74) is 2.11. The lowest BCUT2D eigenvalue weighted by molar-refractivity contribution is 0.569. The summed E-state index contributed by atoms with van der Waals surface area (Å²) >= 11 is 6.03. The lowest BCUT2D eigenvalue weighted by Gasteiger charge is -2.27. The van der Waals surface area contributed by atoms with E-state index in [1.807, 2.05) is 24.5 Å². The Kier molecular flexibility index (Phi) is 2.52. The minimum Gasteiger partial charge on any atom is -0.462 e. The number of nitrogens with zero attached hydrogens (tertiary/aromatic N) is 1. The van der Waals surface area contributed by atoms with Crippen LogP contribution in [0.4, 0.5) is 5.69 Å². The molecule has 2 nitrogen and oxygen atoms in total. The van der Waals surface area contributed by atoms with Crippen LogP contribution in [-0.2, 0) is 0 Å². The lowest BCUT2D eigenvalue weighted by Crippen LogP contribution is -2.29. The summed E-state index contributed by atoms with van der Waals surface area (Å²) in [7, 11) is 0. The normalized spacial score (nSPS) is 16.9. The Morgan fingerprint density at radius 1 is 1.12 bits per heavy atom. The van der Waals surface area contributed by atoms with Gasteiger partial charge in [-0.3, -0.25) is 0 Å². The van der Waals surface area contributed by atoms with Crippen molar-refractivity contribution in [2.45, 2.75) is 19.3 Å². The standard InChI is InChI=1S/C13H14ClNO/c14-10-4-5-13-11(8-10)12(9-16-13)15-6-2-1-3-7-15/h4-5,8-9H,1-3,6-7H2. The van der Waals surface area contributed by atoms with Crippen LogP contribution in [-0.4, -0.2) is 13.1 Å². The third-order valence-corrected chi connectivity index (χ3v) is 3.45. The second-order valence-corrected chi connectivity index (χ2v) is 4.75. The number of fused-ring (bicyclic) bond motifs is 1. The molecule has 0 bridgehead atoms. The third kappa shape index (κ3) is 1.67. The van der Waals surface area contributed by atoms with E-state index in [2.05, 4.69) is 4.90 Å². The summed E-state index contributed by atoms with van der Waals surface area (Å²) in [5.74, 6) is 0. The predicted molar refractivity (Wildman–Crippen MR) is 67.3 cm³/mol. The molecule has 1 aromatic heterocycles. The summed E-state index contributed by atoms with van der Waals surface area (Å²) in [6.45, 7) is 2.25. The number of furan rings is 1. The van der Waals surface area contributed by atoms with E-state index in [0.29, 0.717) is 0 Å². The molecule has 0 radical (unpaired) electrons. The molecule has 0 saturated carbocycles. The molecule has 1 saturated heterocycles. The van der Waals surface area contributed by atoms with Gasteiger partial charge in [0.2, 0.25) is 0 Å². The van der Waals surface area contributed by atoms with Crippen LogP contribution in [0.1, 0.15) is 19.3 Å². The van der Waals surface area contributed by atoms with Crippen molar-refractivity contribution in [3.05, 3.63) is 29.5 Å². The molecule has 1 aliphatic heterocycles. The van der Waals surface area contributed by atoms with Gasteiger partial charge in [0, 0.05) is 23.5 Å². The number of halogens is 1. The SMILES string of the molecule is Clc1ccc2occ(N3CCCCC3)c2c1. The fraction of sp³-hybridized carbons (Fsp3) is 0.385. The van der Waals surface area contributed by atoms with Crippen molar-refractivity contribution in [3.8, 4) is 0 Å². The zero-order valence-corrected chi connectivity index (χ0v) is 9.83. The molecule has 0 spiro atoms. The van der Waals surface area contributed by atoms with Crippen molar-refractivity contribution in [1.82, 2.24) is 0 Å². The first-order chi connectivity index (χ1) is 7.84. The van der Waals surface area contributed by atoms with E-state index in [4.69, 9.17) is 16.0 Å². The highest BCUT2D eigenvalue weighted by Crippen LogP contribution is 2.32. The maximum absolute atomic E-state index is 6.03. The van der Waals surface area contributed by atoms with Gasteiger partial charge in [0.05, 0.1) is 5.69 Å². The van der Waals surface area contributed by atoms with Gasteiger partial charge in [0.15, 0.2) is 0 Å². The fourth-order valence-corrected chi connectivity index (χ4v) is 2.54. The molecule has 1 fully saturated rings. The average molecular weight is 236 g/mol. The monoisotopic (exact) mass is 235 g/mol. The Morgan fingerprint density at radius 2 is 1.94 bits per heavy atom. The van der Waals surface area contributed by atoms with Crippen molar-refractivity contribution in [2.24, 2.45) is 0 Å². The molecule has 1 aliphatic rings. The third-order valence-electron chi connectivity index (χ3n) is 3.21. The number of rotatable bonds is 1. The van der Waals surface area contributed by atoms with E-state index >= 15 is 0 Å². The highest BCUT2D eigenvalue weighted by Gasteiger charge is 2.15. The van der Waals surface area contributed by atoms with Gasteiger partial charge in [0.1, 0.15) is 11.8 Å². The molecule has 1 aromatic carbocycles. The van der Waals surface area contributed by atoms with Gasteiger partial charge in [-0.2, -0.15) is 0 Å². The van der Waals surface area contributed by atoms with Crippen molar-refractivity contribution >= 4 is 28.3 Å². The number of hydrogen-bond donors (Lipinski definition) is 0. The number of piperidine rings is 1.